The van der Waals surface area contributed by atoms with Gasteiger partial charge in [-0.05, 0) is 33.0 Å². The SMILES string of the molecule is CN1CCC(N(C)C(=O)NC(C(=O)O)c2ccc(-c3cncnc3)c(Cl)c2Cl)CC1. The van der Waals surface area contributed by atoms with Gasteiger partial charge in [-0.15, -0.1) is 0 Å². The number of urea groups is 1. The number of carboxylic acid groups (broad SMARTS) is 1. The summed E-state index contributed by atoms with van der Waals surface area (Å²) in [5, 5.41) is 12.6. The largest absolute Gasteiger partial charge is 0.479 e. The van der Waals surface area contributed by atoms with Crippen LogP contribution in [0.15, 0.2) is 30.9 Å². The number of hydrogen-bond donors (Lipinski definition) is 2. The zero-order valence-electron chi connectivity index (χ0n) is 16.7. The molecule has 1 aliphatic rings. The smallest absolute Gasteiger partial charge is 0.331 e. The average molecular weight is 452 g/mol. The number of hydrogen-bond acceptors (Lipinski definition) is 5. The molecule has 2 heterocycles. The minimum atomic E-state index is -1.34. The predicted octanol–water partition coefficient (Wildman–Crippen LogP) is 3.31. The third-order valence-corrected chi connectivity index (χ3v) is 6.26. The molecular weight excluding hydrogens is 429 g/mol. The molecule has 2 N–H and O–H groups in total. The number of piperidine rings is 1. The van der Waals surface area contributed by atoms with E-state index < -0.39 is 18.0 Å². The van der Waals surface area contributed by atoms with Crippen LogP contribution in [-0.4, -0.2) is 70.1 Å². The lowest BCUT2D eigenvalue weighted by Gasteiger charge is -2.35. The lowest BCUT2D eigenvalue weighted by atomic mass is 10.0. The molecule has 0 aliphatic carbocycles. The first-order chi connectivity index (χ1) is 14.3. The fourth-order valence-electron chi connectivity index (χ4n) is 3.49. The highest BCUT2D eigenvalue weighted by atomic mass is 35.5. The van der Waals surface area contributed by atoms with Crippen LogP contribution in [0.4, 0.5) is 4.79 Å². The number of aliphatic carboxylic acids is 1. The van der Waals surface area contributed by atoms with E-state index >= 15 is 0 Å². The number of nitrogens with one attached hydrogen (secondary N) is 1. The zero-order chi connectivity index (χ0) is 21.8. The number of amides is 2. The molecule has 2 aromatic rings. The van der Waals surface area contributed by atoms with Crippen LogP contribution < -0.4 is 5.32 Å². The Hall–Kier alpha value is -2.42. The molecule has 1 unspecified atom stereocenters. The quantitative estimate of drug-likeness (QED) is 0.723. The summed E-state index contributed by atoms with van der Waals surface area (Å²) in [6.07, 6.45) is 6.22. The van der Waals surface area contributed by atoms with Crippen molar-refractivity contribution in [1.29, 1.82) is 0 Å². The van der Waals surface area contributed by atoms with E-state index in [0.29, 0.717) is 11.1 Å². The third kappa shape index (κ3) is 4.83. The molecule has 3 rings (SSSR count). The Morgan fingerprint density at radius 3 is 2.43 bits per heavy atom. The van der Waals surface area contributed by atoms with Crippen LogP contribution in [0.1, 0.15) is 24.4 Å². The Labute approximate surface area is 184 Å². The van der Waals surface area contributed by atoms with Crippen molar-refractivity contribution in [3.8, 4) is 11.1 Å². The molecule has 0 spiro atoms. The molecule has 1 saturated heterocycles. The normalized spacial score (nSPS) is 16.1. The summed E-state index contributed by atoms with van der Waals surface area (Å²) in [4.78, 5) is 36.3. The number of carbonyl (C=O) groups excluding carboxylic acids is 1. The first kappa shape index (κ1) is 22.3. The van der Waals surface area contributed by atoms with Crippen molar-refractivity contribution < 1.29 is 14.7 Å². The van der Waals surface area contributed by atoms with Gasteiger partial charge in [-0.1, -0.05) is 35.3 Å². The maximum absolute atomic E-state index is 12.7. The van der Waals surface area contributed by atoms with Crippen LogP contribution in [-0.2, 0) is 4.79 Å². The van der Waals surface area contributed by atoms with Crippen LogP contribution in [0.2, 0.25) is 10.0 Å². The number of carboxylic acids is 1. The summed E-state index contributed by atoms with van der Waals surface area (Å²) in [5.41, 5.74) is 1.43. The number of likely N-dealkylation sites (tertiary alicyclic amines) is 1. The molecular formula is C20H23Cl2N5O3. The zero-order valence-corrected chi connectivity index (χ0v) is 18.2. The minimum Gasteiger partial charge on any atom is -0.479 e. The van der Waals surface area contributed by atoms with E-state index in [4.69, 9.17) is 23.2 Å². The van der Waals surface area contributed by atoms with Crippen molar-refractivity contribution in [3.63, 3.8) is 0 Å². The van der Waals surface area contributed by atoms with Gasteiger partial charge in [-0.3, -0.25) is 0 Å². The Kier molecular flexibility index (Phi) is 7.12. The number of rotatable bonds is 5. The first-order valence-electron chi connectivity index (χ1n) is 9.47. The Balaban J connectivity index is 1.82. The predicted molar refractivity (Wildman–Crippen MR) is 115 cm³/mol. The van der Waals surface area contributed by atoms with Crippen molar-refractivity contribution in [3.05, 3.63) is 46.5 Å². The van der Waals surface area contributed by atoms with E-state index in [9.17, 15) is 14.7 Å². The van der Waals surface area contributed by atoms with E-state index in [1.54, 1.807) is 36.5 Å². The second-order valence-electron chi connectivity index (χ2n) is 7.32. The monoisotopic (exact) mass is 451 g/mol. The van der Waals surface area contributed by atoms with Gasteiger partial charge in [-0.2, -0.15) is 0 Å². The fraction of sp³-hybridized carbons (Fsp3) is 0.400. The molecule has 0 radical (unpaired) electrons. The number of halogens is 2. The Morgan fingerprint density at radius 2 is 1.83 bits per heavy atom. The summed E-state index contributed by atoms with van der Waals surface area (Å²) in [6, 6.07) is 1.44. The summed E-state index contributed by atoms with van der Waals surface area (Å²) >= 11 is 12.8. The molecule has 1 aromatic heterocycles. The molecule has 8 nitrogen and oxygen atoms in total. The van der Waals surface area contributed by atoms with Crippen molar-refractivity contribution >= 4 is 35.2 Å². The molecule has 1 atom stereocenters. The summed E-state index contributed by atoms with van der Waals surface area (Å²) in [6.45, 7) is 1.77. The molecule has 30 heavy (non-hydrogen) atoms. The van der Waals surface area contributed by atoms with Gasteiger partial charge in [0.05, 0.1) is 10.0 Å². The Morgan fingerprint density at radius 1 is 1.20 bits per heavy atom. The van der Waals surface area contributed by atoms with E-state index in [0.717, 1.165) is 25.9 Å². The van der Waals surface area contributed by atoms with Crippen molar-refractivity contribution in [2.45, 2.75) is 24.9 Å². The highest BCUT2D eigenvalue weighted by Gasteiger charge is 2.30. The maximum atomic E-state index is 12.7. The molecule has 160 valence electrons. The maximum Gasteiger partial charge on any atom is 0.331 e. The molecule has 0 saturated carbocycles. The lowest BCUT2D eigenvalue weighted by molar-refractivity contribution is -0.139. The van der Waals surface area contributed by atoms with E-state index in [1.165, 1.54) is 6.33 Å². The summed E-state index contributed by atoms with van der Waals surface area (Å²) < 4.78 is 0. The molecule has 1 aliphatic heterocycles. The van der Waals surface area contributed by atoms with Gasteiger partial charge in [0, 0.05) is 42.2 Å². The highest BCUT2D eigenvalue weighted by molar-refractivity contribution is 6.44. The molecule has 1 aromatic carbocycles. The second kappa shape index (κ2) is 9.59. The average Bonchev–Trinajstić information content (AvgIpc) is 2.74. The van der Waals surface area contributed by atoms with Gasteiger partial charge in [0.15, 0.2) is 6.04 Å². The van der Waals surface area contributed by atoms with Gasteiger partial charge in [0.25, 0.3) is 0 Å². The molecule has 10 heteroatoms. The van der Waals surface area contributed by atoms with Crippen LogP contribution >= 0.6 is 23.2 Å². The van der Waals surface area contributed by atoms with Crippen LogP contribution in [0, 0.1) is 0 Å². The molecule has 1 fully saturated rings. The fourth-order valence-corrected chi connectivity index (χ4v) is 4.05. The lowest BCUT2D eigenvalue weighted by Crippen LogP contribution is -2.49. The van der Waals surface area contributed by atoms with Crippen molar-refractivity contribution in [2.75, 3.05) is 27.2 Å². The highest BCUT2D eigenvalue weighted by Crippen LogP contribution is 2.38. The third-order valence-electron chi connectivity index (χ3n) is 5.37. The number of benzene rings is 1. The van der Waals surface area contributed by atoms with Gasteiger partial charge in [0.1, 0.15) is 6.33 Å². The van der Waals surface area contributed by atoms with Crippen LogP contribution in [0.5, 0.6) is 0 Å². The Bertz CT molecular complexity index is 920. The van der Waals surface area contributed by atoms with E-state index in [1.807, 2.05) is 7.05 Å². The van der Waals surface area contributed by atoms with Crippen LogP contribution in [0.3, 0.4) is 0 Å². The summed E-state index contributed by atoms with van der Waals surface area (Å²) in [7, 11) is 3.71. The first-order valence-corrected chi connectivity index (χ1v) is 10.2. The number of aromatic nitrogens is 2. The second-order valence-corrected chi connectivity index (χ2v) is 8.08. The van der Waals surface area contributed by atoms with Crippen molar-refractivity contribution in [1.82, 2.24) is 25.1 Å². The van der Waals surface area contributed by atoms with Crippen molar-refractivity contribution in [2.24, 2.45) is 0 Å². The van der Waals surface area contributed by atoms with Crippen LogP contribution in [0.25, 0.3) is 11.1 Å². The van der Waals surface area contributed by atoms with Gasteiger partial charge in [-0.25, -0.2) is 19.6 Å². The standard InChI is InChI=1S/C20H23Cl2N5O3/c1-26-7-5-13(6-8-26)27(2)20(30)25-18(19(28)29)15-4-3-14(16(21)17(15)22)12-9-23-11-24-10-12/h3-4,9-11,13,18H,5-8H2,1-2H3,(H,25,30)(H,28,29). The number of nitrogens with zero attached hydrogens (tertiary/aromatic N) is 4. The van der Waals surface area contributed by atoms with Gasteiger partial charge >= 0.3 is 12.0 Å². The van der Waals surface area contributed by atoms with Gasteiger partial charge in [0.2, 0.25) is 0 Å². The molecule has 0 bridgehead atoms. The number of carbonyl (C=O) groups is 2. The molecule has 2 amide bonds. The topological polar surface area (TPSA) is 98.7 Å². The summed E-state index contributed by atoms with van der Waals surface area (Å²) in [5.74, 6) is -1.23. The minimum absolute atomic E-state index is 0.0511. The van der Waals surface area contributed by atoms with Gasteiger partial charge < -0.3 is 20.2 Å². The van der Waals surface area contributed by atoms with E-state index in [-0.39, 0.29) is 21.7 Å². The van der Waals surface area contributed by atoms with E-state index in [2.05, 4.69) is 20.2 Å².